The molecule has 0 radical (unpaired) electrons. The molecule has 2 unspecified atom stereocenters. The highest BCUT2D eigenvalue weighted by atomic mass is 127. The Morgan fingerprint density at radius 3 is 2.88 bits per heavy atom. The molecule has 2 saturated heterocycles. The summed E-state index contributed by atoms with van der Waals surface area (Å²) < 4.78 is 2.39. The Kier molecular flexibility index (Phi) is 5.48. The third-order valence-corrected chi connectivity index (χ3v) is 4.62. The van der Waals surface area contributed by atoms with E-state index in [4.69, 9.17) is 5.73 Å². The van der Waals surface area contributed by atoms with Crippen molar-refractivity contribution >= 4 is 22.9 Å². The molecule has 3 atom stereocenters. The number of hydrogen-bond donors (Lipinski definition) is 2. The van der Waals surface area contributed by atoms with Crippen molar-refractivity contribution in [3.05, 3.63) is 0 Å². The van der Waals surface area contributed by atoms with Gasteiger partial charge in [0.15, 0.2) is 0 Å². The van der Waals surface area contributed by atoms with E-state index in [1.807, 2.05) is 0 Å². The van der Waals surface area contributed by atoms with Crippen LogP contribution in [0.15, 0.2) is 0 Å². The summed E-state index contributed by atoms with van der Waals surface area (Å²) >= 11 is 2.43. The van der Waals surface area contributed by atoms with Crippen molar-refractivity contribution < 1.29 is 0 Å². The Balaban J connectivity index is 1.70. The minimum absolute atomic E-state index is 0.368. The van der Waals surface area contributed by atoms with Crippen LogP contribution in [0.4, 0.5) is 0 Å². The van der Waals surface area contributed by atoms with E-state index in [0.717, 1.165) is 19.1 Å². The van der Waals surface area contributed by atoms with Gasteiger partial charge in [-0.3, -0.25) is 4.90 Å². The third-order valence-electron chi connectivity index (χ3n) is 3.74. The number of nitrogens with two attached hydrogens (primary N) is 1. The summed E-state index contributed by atoms with van der Waals surface area (Å²) in [4.78, 5) is 2.48. The lowest BCUT2D eigenvalue weighted by Gasteiger charge is -2.37. The van der Waals surface area contributed by atoms with Gasteiger partial charge in [0.2, 0.25) is 0 Å². The molecule has 2 aliphatic rings. The zero-order valence-electron chi connectivity index (χ0n) is 10.7. The predicted octanol–water partition coefficient (Wildman–Crippen LogP) is 1.02. The fraction of sp³-hybridized carbons (Fsp3) is 1.00. The first kappa shape index (κ1) is 14.0. The average Bonchev–Trinajstić information content (AvgIpc) is 2.25. The van der Waals surface area contributed by atoms with Crippen LogP contribution in [0.3, 0.4) is 0 Å². The zero-order valence-corrected chi connectivity index (χ0v) is 12.9. The molecule has 4 nitrogen and oxygen atoms in total. The lowest BCUT2D eigenvalue weighted by Crippen LogP contribution is -2.52. The minimum atomic E-state index is 0.368. The van der Waals surface area contributed by atoms with Crippen LogP contribution in [0.1, 0.15) is 26.2 Å². The first-order valence-electron chi connectivity index (χ1n) is 6.75. The van der Waals surface area contributed by atoms with Gasteiger partial charge in [-0.15, -0.1) is 0 Å². The van der Waals surface area contributed by atoms with E-state index in [1.165, 1.54) is 38.9 Å². The van der Waals surface area contributed by atoms with E-state index < -0.39 is 0 Å². The van der Waals surface area contributed by atoms with E-state index in [2.05, 4.69) is 43.1 Å². The van der Waals surface area contributed by atoms with Gasteiger partial charge in [-0.2, -0.15) is 0 Å². The van der Waals surface area contributed by atoms with Gasteiger partial charge in [0.25, 0.3) is 0 Å². The van der Waals surface area contributed by atoms with E-state index in [0.29, 0.717) is 12.1 Å². The Morgan fingerprint density at radius 2 is 2.18 bits per heavy atom. The van der Waals surface area contributed by atoms with Crippen molar-refractivity contribution in [2.75, 3.05) is 32.8 Å². The Bertz CT molecular complexity index is 229. The molecule has 2 aliphatic heterocycles. The lowest BCUT2D eigenvalue weighted by molar-refractivity contribution is 0.142. The highest BCUT2D eigenvalue weighted by molar-refractivity contribution is 14.1. The number of likely N-dealkylation sites (tertiary alicyclic amines) is 1. The average molecular weight is 352 g/mol. The summed E-state index contributed by atoms with van der Waals surface area (Å²) in [5, 5.41) is 3.69. The van der Waals surface area contributed by atoms with Crippen LogP contribution in [0.2, 0.25) is 0 Å². The molecule has 0 aromatic heterocycles. The van der Waals surface area contributed by atoms with Crippen LogP contribution in [0, 0.1) is 5.92 Å². The third kappa shape index (κ3) is 4.63. The van der Waals surface area contributed by atoms with Crippen LogP contribution in [-0.2, 0) is 0 Å². The molecule has 2 fully saturated rings. The van der Waals surface area contributed by atoms with E-state index in [-0.39, 0.29) is 0 Å². The molecule has 0 saturated carbocycles. The summed E-state index contributed by atoms with van der Waals surface area (Å²) in [6, 6.07) is 1.03. The molecular weight excluding hydrogens is 327 g/mol. The van der Waals surface area contributed by atoms with Gasteiger partial charge in [0.1, 0.15) is 0 Å². The number of nitrogens with one attached hydrogen (secondary N) is 1. The molecule has 100 valence electrons. The molecule has 2 rings (SSSR count). The van der Waals surface area contributed by atoms with Crippen molar-refractivity contribution in [2.45, 2.75) is 38.3 Å². The molecule has 2 heterocycles. The smallest absolute Gasteiger partial charge is 0.0483 e. The SMILES string of the molecule is CC1CC(N)CN(CN[C@H]2CCCN(I)C2)C1. The van der Waals surface area contributed by atoms with Crippen LogP contribution >= 0.6 is 22.9 Å². The second kappa shape index (κ2) is 6.65. The van der Waals surface area contributed by atoms with E-state index >= 15 is 0 Å². The number of rotatable bonds is 3. The summed E-state index contributed by atoms with van der Waals surface area (Å²) in [6.07, 6.45) is 3.81. The van der Waals surface area contributed by atoms with Crippen molar-refractivity contribution in [1.82, 2.24) is 13.3 Å². The summed E-state index contributed by atoms with van der Waals surface area (Å²) in [6.45, 7) is 7.98. The largest absolute Gasteiger partial charge is 0.327 e. The maximum atomic E-state index is 6.07. The van der Waals surface area contributed by atoms with E-state index in [1.54, 1.807) is 0 Å². The Morgan fingerprint density at radius 1 is 1.35 bits per heavy atom. The summed E-state index contributed by atoms with van der Waals surface area (Å²) in [7, 11) is 0. The van der Waals surface area contributed by atoms with Crippen LogP contribution in [0.25, 0.3) is 0 Å². The maximum Gasteiger partial charge on any atom is 0.0483 e. The monoisotopic (exact) mass is 352 g/mol. The van der Waals surface area contributed by atoms with Crippen molar-refractivity contribution in [2.24, 2.45) is 11.7 Å². The molecule has 0 amide bonds. The van der Waals surface area contributed by atoms with Crippen molar-refractivity contribution in [1.29, 1.82) is 0 Å². The second-order valence-electron chi connectivity index (χ2n) is 5.71. The predicted molar refractivity (Wildman–Crippen MR) is 79.9 cm³/mol. The molecule has 0 aliphatic carbocycles. The summed E-state index contributed by atoms with van der Waals surface area (Å²) in [5.74, 6) is 0.743. The van der Waals surface area contributed by atoms with Crippen molar-refractivity contribution in [3.8, 4) is 0 Å². The number of piperidine rings is 2. The molecule has 0 bridgehead atoms. The first-order valence-corrected chi connectivity index (χ1v) is 7.72. The van der Waals surface area contributed by atoms with Crippen molar-refractivity contribution in [3.63, 3.8) is 0 Å². The minimum Gasteiger partial charge on any atom is -0.327 e. The fourth-order valence-electron chi connectivity index (χ4n) is 3.00. The maximum absolute atomic E-state index is 6.07. The number of hydrogen-bond acceptors (Lipinski definition) is 4. The zero-order chi connectivity index (χ0) is 12.3. The second-order valence-corrected chi connectivity index (χ2v) is 7.07. The van der Waals surface area contributed by atoms with E-state index in [9.17, 15) is 0 Å². The van der Waals surface area contributed by atoms with Crippen LogP contribution < -0.4 is 11.1 Å². The lowest BCUT2D eigenvalue weighted by atomic mass is 9.97. The van der Waals surface area contributed by atoms with Gasteiger partial charge in [0.05, 0.1) is 0 Å². The Labute approximate surface area is 119 Å². The van der Waals surface area contributed by atoms with Crippen LogP contribution in [-0.4, -0.2) is 52.9 Å². The molecule has 5 heteroatoms. The van der Waals surface area contributed by atoms with Gasteiger partial charge in [0, 0.05) is 67.8 Å². The molecule has 0 aromatic carbocycles. The topological polar surface area (TPSA) is 44.5 Å². The fourth-order valence-corrected chi connectivity index (χ4v) is 3.81. The summed E-state index contributed by atoms with van der Waals surface area (Å²) in [5.41, 5.74) is 6.07. The first-order chi connectivity index (χ1) is 8.13. The van der Waals surface area contributed by atoms with Crippen LogP contribution in [0.5, 0.6) is 0 Å². The standard InChI is InChI=1S/C12H25IN4/c1-10-5-11(14)7-16(6-10)9-15-12-3-2-4-17(13)8-12/h10-12,15H,2-9,14H2,1H3/t10?,11?,12-/m0/s1. The Hall–Kier alpha value is 0.570. The van der Waals surface area contributed by atoms with Gasteiger partial charge < -0.3 is 11.1 Å². The highest BCUT2D eigenvalue weighted by Crippen LogP contribution is 2.16. The van der Waals surface area contributed by atoms with Gasteiger partial charge in [-0.05, 0) is 25.2 Å². The van der Waals surface area contributed by atoms with Gasteiger partial charge >= 0.3 is 0 Å². The molecule has 0 aromatic rings. The molecule has 0 spiro atoms. The molecular formula is C12H25IN4. The quantitative estimate of drug-likeness (QED) is 0.588. The number of halogens is 1. The molecule has 17 heavy (non-hydrogen) atoms. The van der Waals surface area contributed by atoms with Gasteiger partial charge in [-0.25, -0.2) is 3.11 Å². The molecule has 3 N–H and O–H groups in total. The number of nitrogens with zero attached hydrogens (tertiary/aromatic N) is 2. The normalized spacial score (nSPS) is 37.2. The van der Waals surface area contributed by atoms with Gasteiger partial charge in [-0.1, -0.05) is 6.92 Å². The highest BCUT2D eigenvalue weighted by Gasteiger charge is 2.23.